The molecule has 0 aliphatic heterocycles. The first-order valence-corrected chi connectivity index (χ1v) is 15.4. The van der Waals surface area contributed by atoms with E-state index in [4.69, 9.17) is 0 Å². The van der Waals surface area contributed by atoms with Crippen molar-refractivity contribution in [1.29, 1.82) is 0 Å². The van der Waals surface area contributed by atoms with Crippen molar-refractivity contribution in [2.75, 3.05) is 10.5 Å². The van der Waals surface area contributed by atoms with Gasteiger partial charge < -0.3 is 0 Å². The van der Waals surface area contributed by atoms with Gasteiger partial charge in [-0.05, 0) is 43.5 Å². The molecular weight excluding hydrogens is 430 g/mol. The molecule has 0 spiro atoms. The van der Waals surface area contributed by atoms with Crippen LogP contribution in [0.15, 0.2) is 29.2 Å². The van der Waals surface area contributed by atoms with Crippen LogP contribution < -0.4 is 4.72 Å². The normalized spacial score (nSPS) is 15.8. The zero-order valence-electron chi connectivity index (χ0n) is 19.1. The highest BCUT2D eigenvalue weighted by atomic mass is 32.2. The SMILES string of the molecule is CCCCCCCCCCCCS(=O)(=O)Nc1ccc(S(=O)(=O)C2CCCCC2)cc1. The van der Waals surface area contributed by atoms with Crippen LogP contribution in [-0.4, -0.2) is 27.8 Å². The van der Waals surface area contributed by atoms with Gasteiger partial charge in [0.25, 0.3) is 0 Å². The van der Waals surface area contributed by atoms with E-state index < -0.39 is 19.9 Å². The average molecular weight is 472 g/mol. The monoisotopic (exact) mass is 471 g/mol. The molecule has 1 fully saturated rings. The summed E-state index contributed by atoms with van der Waals surface area (Å²) in [6.45, 7) is 2.22. The number of nitrogens with one attached hydrogen (secondary N) is 1. The Bertz CT molecular complexity index is 827. The van der Waals surface area contributed by atoms with Crippen LogP contribution in [0, 0.1) is 0 Å². The number of sulfone groups is 1. The topological polar surface area (TPSA) is 80.3 Å². The molecule has 0 bridgehead atoms. The third-order valence-electron chi connectivity index (χ3n) is 6.21. The number of sulfonamides is 1. The largest absolute Gasteiger partial charge is 0.284 e. The minimum absolute atomic E-state index is 0.103. The Hall–Kier alpha value is -1.08. The molecule has 178 valence electrons. The average Bonchev–Trinajstić information content (AvgIpc) is 2.76. The zero-order valence-corrected chi connectivity index (χ0v) is 20.8. The summed E-state index contributed by atoms with van der Waals surface area (Å²) in [6.07, 6.45) is 16.0. The summed E-state index contributed by atoms with van der Waals surface area (Å²) in [5.74, 6) is 0.103. The second-order valence-corrected chi connectivity index (χ2v) is 13.0. The van der Waals surface area contributed by atoms with Gasteiger partial charge in [0.15, 0.2) is 9.84 Å². The van der Waals surface area contributed by atoms with Gasteiger partial charge in [-0.15, -0.1) is 0 Å². The van der Waals surface area contributed by atoms with E-state index in [0.717, 1.165) is 44.9 Å². The molecule has 1 aromatic rings. The van der Waals surface area contributed by atoms with Gasteiger partial charge in [0.05, 0.1) is 15.9 Å². The molecule has 0 saturated heterocycles. The molecule has 2 rings (SSSR count). The van der Waals surface area contributed by atoms with Crippen LogP contribution >= 0.6 is 0 Å². The van der Waals surface area contributed by atoms with E-state index in [1.54, 1.807) is 12.1 Å². The minimum atomic E-state index is -3.41. The van der Waals surface area contributed by atoms with Crippen molar-refractivity contribution < 1.29 is 16.8 Å². The fourth-order valence-electron chi connectivity index (χ4n) is 4.29. The first-order valence-electron chi connectivity index (χ1n) is 12.2. The Balaban J connectivity index is 1.70. The molecule has 5 nitrogen and oxygen atoms in total. The maximum absolute atomic E-state index is 12.8. The van der Waals surface area contributed by atoms with Crippen molar-refractivity contribution >= 4 is 25.5 Å². The van der Waals surface area contributed by atoms with Crippen LogP contribution in [0.25, 0.3) is 0 Å². The van der Waals surface area contributed by atoms with Gasteiger partial charge in [-0.1, -0.05) is 84.0 Å². The second-order valence-electron chi connectivity index (χ2n) is 8.93. The molecule has 1 aromatic carbocycles. The summed E-state index contributed by atoms with van der Waals surface area (Å²) in [6, 6.07) is 6.18. The lowest BCUT2D eigenvalue weighted by molar-refractivity contribution is 0.483. The predicted octanol–water partition coefficient (Wildman–Crippen LogP) is 6.46. The number of hydrogen-bond acceptors (Lipinski definition) is 4. The molecule has 1 N–H and O–H groups in total. The summed E-state index contributed by atoms with van der Waals surface area (Å²) in [5.41, 5.74) is 0.426. The first kappa shape index (κ1) is 26.2. The third-order valence-corrected chi connectivity index (χ3v) is 9.86. The summed E-state index contributed by atoms with van der Waals surface area (Å²) in [4.78, 5) is 0.289. The molecule has 1 aliphatic rings. The lowest BCUT2D eigenvalue weighted by Gasteiger charge is -2.21. The lowest BCUT2D eigenvalue weighted by atomic mass is 10.0. The van der Waals surface area contributed by atoms with Gasteiger partial charge in [0, 0.05) is 5.69 Å². The Morgan fingerprint density at radius 3 is 1.81 bits per heavy atom. The molecule has 0 heterocycles. The van der Waals surface area contributed by atoms with E-state index >= 15 is 0 Å². The highest BCUT2D eigenvalue weighted by Crippen LogP contribution is 2.29. The van der Waals surface area contributed by atoms with Crippen molar-refractivity contribution in [3.05, 3.63) is 24.3 Å². The first-order chi connectivity index (χ1) is 14.8. The summed E-state index contributed by atoms with van der Waals surface area (Å²) in [7, 11) is -6.74. The molecule has 0 unspecified atom stereocenters. The van der Waals surface area contributed by atoms with Crippen molar-refractivity contribution in [2.45, 2.75) is 113 Å². The quantitative estimate of drug-likeness (QED) is 0.298. The molecule has 0 atom stereocenters. The lowest BCUT2D eigenvalue weighted by Crippen LogP contribution is -2.24. The van der Waals surface area contributed by atoms with E-state index in [0.29, 0.717) is 12.1 Å². The maximum atomic E-state index is 12.8. The van der Waals surface area contributed by atoms with E-state index in [1.807, 2.05) is 0 Å². The second kappa shape index (κ2) is 13.5. The number of rotatable bonds is 15. The van der Waals surface area contributed by atoms with Crippen molar-refractivity contribution in [2.24, 2.45) is 0 Å². The number of anilines is 1. The molecule has 0 amide bonds. The van der Waals surface area contributed by atoms with Crippen LogP contribution in [0.4, 0.5) is 5.69 Å². The Labute approximate surface area is 190 Å². The molecule has 0 aromatic heterocycles. The van der Waals surface area contributed by atoms with Crippen molar-refractivity contribution in [3.63, 3.8) is 0 Å². The summed E-state index contributed by atoms with van der Waals surface area (Å²) in [5, 5.41) is -0.305. The van der Waals surface area contributed by atoms with Crippen LogP contribution in [0.2, 0.25) is 0 Å². The highest BCUT2D eigenvalue weighted by Gasteiger charge is 2.28. The van der Waals surface area contributed by atoms with Crippen LogP contribution in [0.1, 0.15) is 103 Å². The summed E-state index contributed by atoms with van der Waals surface area (Å²) >= 11 is 0. The number of unbranched alkanes of at least 4 members (excludes halogenated alkanes) is 9. The molecule has 1 saturated carbocycles. The van der Waals surface area contributed by atoms with Gasteiger partial charge in [-0.3, -0.25) is 4.72 Å². The van der Waals surface area contributed by atoms with E-state index in [9.17, 15) is 16.8 Å². The highest BCUT2D eigenvalue weighted by molar-refractivity contribution is 7.92. The zero-order chi connectivity index (χ0) is 22.6. The van der Waals surface area contributed by atoms with Gasteiger partial charge >= 0.3 is 0 Å². The number of benzene rings is 1. The van der Waals surface area contributed by atoms with Crippen molar-refractivity contribution in [3.8, 4) is 0 Å². The smallest absolute Gasteiger partial charge is 0.232 e. The van der Waals surface area contributed by atoms with Gasteiger partial charge in [0.1, 0.15) is 0 Å². The molecule has 7 heteroatoms. The third kappa shape index (κ3) is 9.52. The van der Waals surface area contributed by atoms with Gasteiger partial charge in [-0.2, -0.15) is 0 Å². The number of hydrogen-bond donors (Lipinski definition) is 1. The minimum Gasteiger partial charge on any atom is -0.284 e. The summed E-state index contributed by atoms with van der Waals surface area (Å²) < 4.78 is 52.8. The molecule has 1 aliphatic carbocycles. The Morgan fingerprint density at radius 2 is 1.26 bits per heavy atom. The van der Waals surface area contributed by atoms with Gasteiger partial charge in [0.2, 0.25) is 10.0 Å². The van der Waals surface area contributed by atoms with Crippen LogP contribution in [0.5, 0.6) is 0 Å². The van der Waals surface area contributed by atoms with E-state index in [-0.39, 0.29) is 15.9 Å². The fourth-order valence-corrected chi connectivity index (χ4v) is 7.33. The molecular formula is C24H41NO4S2. The Kier molecular flexibility index (Phi) is 11.4. The van der Waals surface area contributed by atoms with Crippen LogP contribution in [0.3, 0.4) is 0 Å². The molecule has 31 heavy (non-hydrogen) atoms. The maximum Gasteiger partial charge on any atom is 0.232 e. The predicted molar refractivity (Wildman–Crippen MR) is 130 cm³/mol. The van der Waals surface area contributed by atoms with Gasteiger partial charge in [-0.25, -0.2) is 16.8 Å². The van der Waals surface area contributed by atoms with E-state index in [2.05, 4.69) is 11.6 Å². The Morgan fingerprint density at radius 1 is 0.742 bits per heavy atom. The van der Waals surface area contributed by atoms with E-state index in [1.165, 1.54) is 57.1 Å². The van der Waals surface area contributed by atoms with Crippen molar-refractivity contribution in [1.82, 2.24) is 0 Å². The molecule has 0 radical (unpaired) electrons. The van der Waals surface area contributed by atoms with Crippen LogP contribution in [-0.2, 0) is 19.9 Å². The fraction of sp³-hybridized carbons (Fsp3) is 0.750. The standard InChI is InChI=1S/C24H41NO4S2/c1-2-3-4-5-6-7-8-9-10-14-21-30(26,27)25-22-17-19-24(20-18-22)31(28,29)23-15-12-11-13-16-23/h17-20,23,25H,2-16,21H2,1H3.